The molecule has 1 aliphatic heterocycles. The summed E-state index contributed by atoms with van der Waals surface area (Å²) in [4.78, 5) is 19.1. The minimum Gasteiger partial charge on any atom is -0.854 e. The van der Waals surface area contributed by atoms with E-state index in [0.717, 1.165) is 30.0 Å². The Morgan fingerprint density at radius 1 is 1.46 bits per heavy atom. The van der Waals surface area contributed by atoms with Crippen molar-refractivity contribution in [3.8, 4) is 6.07 Å². The summed E-state index contributed by atoms with van der Waals surface area (Å²) in [5, 5.41) is 24.7. The number of aryl methyl sites for hydroxylation is 1. The van der Waals surface area contributed by atoms with Crippen molar-refractivity contribution in [2.75, 3.05) is 6.54 Å². The maximum Gasteiger partial charge on any atom is 0.435 e. The predicted octanol–water partition coefficient (Wildman–Crippen LogP) is 0.722. The molecule has 0 unspecified atom stereocenters. The largest absolute Gasteiger partial charge is 0.854 e. The quantitative estimate of drug-likeness (QED) is 0.397. The first-order valence-corrected chi connectivity index (χ1v) is 9.53. The van der Waals surface area contributed by atoms with E-state index in [-0.39, 0.29) is 5.69 Å². The van der Waals surface area contributed by atoms with Crippen molar-refractivity contribution < 1.29 is 14.3 Å². The summed E-state index contributed by atoms with van der Waals surface area (Å²) in [6.45, 7) is 2.36. The first-order valence-electron chi connectivity index (χ1n) is 8.71. The summed E-state index contributed by atoms with van der Waals surface area (Å²) in [6.07, 6.45) is 0.728. The molecule has 0 saturated carbocycles. The normalized spacial score (nSPS) is 14.6. The first-order chi connectivity index (χ1) is 13.6. The van der Waals surface area contributed by atoms with Crippen LogP contribution in [0.15, 0.2) is 44.6 Å². The molecule has 0 atom stereocenters. The lowest BCUT2D eigenvalue weighted by Crippen LogP contribution is -2.43. The zero-order valence-electron chi connectivity index (χ0n) is 15.1. The number of aromatic nitrogens is 2. The van der Waals surface area contributed by atoms with Gasteiger partial charge in [0.1, 0.15) is 11.1 Å². The van der Waals surface area contributed by atoms with Gasteiger partial charge in [-0.2, -0.15) is 5.26 Å². The van der Waals surface area contributed by atoms with Crippen molar-refractivity contribution in [1.82, 2.24) is 10.2 Å². The highest BCUT2D eigenvalue weighted by atomic mass is 32.1. The topological polar surface area (TPSA) is 112 Å². The van der Waals surface area contributed by atoms with Gasteiger partial charge in [-0.25, -0.2) is 9.79 Å². The number of aromatic amines is 1. The van der Waals surface area contributed by atoms with Gasteiger partial charge >= 0.3 is 11.3 Å². The molecule has 28 heavy (non-hydrogen) atoms. The van der Waals surface area contributed by atoms with E-state index in [0.29, 0.717) is 17.1 Å². The number of thiophene rings is 1. The van der Waals surface area contributed by atoms with E-state index in [1.54, 1.807) is 0 Å². The fourth-order valence-electron chi connectivity index (χ4n) is 3.33. The minimum atomic E-state index is -0.787. The number of nitrogens with zero attached hydrogens (tertiary/aromatic N) is 4. The molecule has 0 radical (unpaired) electrons. The average molecular weight is 395 g/mol. The van der Waals surface area contributed by atoms with Crippen LogP contribution in [-0.2, 0) is 26.6 Å². The van der Waals surface area contributed by atoms with Crippen LogP contribution in [-0.4, -0.2) is 22.6 Å². The Kier molecular flexibility index (Phi) is 4.81. The Hall–Kier alpha value is -3.22. The lowest BCUT2D eigenvalue weighted by atomic mass is 10.0. The van der Waals surface area contributed by atoms with E-state index < -0.39 is 11.5 Å². The molecule has 2 aromatic heterocycles. The fourth-order valence-corrected chi connectivity index (χ4v) is 4.54. The summed E-state index contributed by atoms with van der Waals surface area (Å²) in [7, 11) is 1.49. The van der Waals surface area contributed by atoms with Crippen molar-refractivity contribution in [2.24, 2.45) is 12.0 Å². The maximum absolute atomic E-state index is 12.4. The first kappa shape index (κ1) is 18.2. The van der Waals surface area contributed by atoms with Gasteiger partial charge in [-0.1, -0.05) is 35.0 Å². The fraction of sp³-hybridized carbons (Fsp3) is 0.263. The highest BCUT2D eigenvalue weighted by molar-refractivity contribution is 7.16. The van der Waals surface area contributed by atoms with Crippen LogP contribution in [0.5, 0.6) is 0 Å². The van der Waals surface area contributed by atoms with E-state index in [1.807, 2.05) is 18.2 Å². The molecule has 1 aromatic carbocycles. The van der Waals surface area contributed by atoms with E-state index in [1.165, 1.54) is 28.6 Å². The van der Waals surface area contributed by atoms with Gasteiger partial charge in [0.2, 0.25) is 0 Å². The Balaban J connectivity index is 1.63. The second kappa shape index (κ2) is 7.42. The number of nitriles is 1. The summed E-state index contributed by atoms with van der Waals surface area (Å²) < 4.78 is 5.77. The van der Waals surface area contributed by atoms with E-state index in [2.05, 4.69) is 37.9 Å². The molecule has 0 amide bonds. The SMILES string of the molecule is C[n+]1[nH]oc(=O)c1/C([O-])=N/c1sc2c(c1C#N)CCN(Cc1ccccc1)C2. The van der Waals surface area contributed by atoms with Crippen LogP contribution in [0.4, 0.5) is 5.00 Å². The van der Waals surface area contributed by atoms with Gasteiger partial charge in [0.25, 0.3) is 0 Å². The molecule has 0 bridgehead atoms. The number of nitrogens with one attached hydrogen (secondary N) is 1. The molecule has 8 nitrogen and oxygen atoms in total. The number of H-pyrrole nitrogens is 1. The van der Waals surface area contributed by atoms with Gasteiger partial charge in [-0.15, -0.1) is 11.3 Å². The zero-order valence-corrected chi connectivity index (χ0v) is 16.0. The van der Waals surface area contributed by atoms with Crippen molar-refractivity contribution in [3.63, 3.8) is 0 Å². The molecule has 0 aliphatic carbocycles. The third kappa shape index (κ3) is 3.35. The molecule has 1 aliphatic rings. The van der Waals surface area contributed by atoms with Crippen LogP contribution in [0.25, 0.3) is 0 Å². The molecular weight excluding hydrogens is 378 g/mol. The second-order valence-electron chi connectivity index (χ2n) is 6.55. The summed E-state index contributed by atoms with van der Waals surface area (Å²) >= 11 is 1.33. The maximum atomic E-state index is 12.4. The molecule has 3 heterocycles. The highest BCUT2D eigenvalue weighted by Gasteiger charge is 2.25. The van der Waals surface area contributed by atoms with Crippen LogP contribution in [0.3, 0.4) is 0 Å². The molecular formula is C19H17N5O3S. The third-order valence-electron chi connectivity index (χ3n) is 4.69. The Bertz CT molecular complexity index is 1140. The number of hydrogen-bond donors (Lipinski definition) is 1. The minimum absolute atomic E-state index is 0.207. The van der Waals surface area contributed by atoms with Gasteiger partial charge in [0, 0.05) is 24.5 Å². The van der Waals surface area contributed by atoms with Crippen molar-refractivity contribution in [1.29, 1.82) is 5.26 Å². The number of fused-ring (bicyclic) bond motifs is 1. The molecule has 1 N–H and O–H groups in total. The standard InChI is InChI=1S/C19H17N5O3S/c1-23-16(19(26)27-22-23)17(25)21-18-14(9-20)13-7-8-24(11-15(13)28-18)10-12-5-3-2-4-6-12/h2-6H,7-8,10-11H2,1H3,(H-,21,22,25,26). The summed E-state index contributed by atoms with van der Waals surface area (Å²) in [5.74, 6) is -0.728. The van der Waals surface area contributed by atoms with Gasteiger partial charge in [-0.05, 0) is 22.8 Å². The van der Waals surface area contributed by atoms with Crippen LogP contribution >= 0.6 is 11.3 Å². The number of hydrogen-bond acceptors (Lipinski definition) is 7. The molecule has 142 valence electrons. The van der Waals surface area contributed by atoms with Gasteiger partial charge in [0.15, 0.2) is 7.05 Å². The van der Waals surface area contributed by atoms with Crippen LogP contribution in [0, 0.1) is 11.3 Å². The van der Waals surface area contributed by atoms with Crippen LogP contribution in [0.2, 0.25) is 0 Å². The molecule has 0 spiro atoms. The van der Waals surface area contributed by atoms with Crippen LogP contribution < -0.4 is 15.4 Å². The zero-order chi connectivity index (χ0) is 19.7. The monoisotopic (exact) mass is 395 g/mol. The van der Waals surface area contributed by atoms with Gasteiger partial charge in [0.05, 0.1) is 11.5 Å². The van der Waals surface area contributed by atoms with Crippen molar-refractivity contribution >= 4 is 22.2 Å². The molecule has 3 aromatic rings. The van der Waals surface area contributed by atoms with E-state index >= 15 is 0 Å². The lowest BCUT2D eigenvalue weighted by molar-refractivity contribution is -0.742. The summed E-state index contributed by atoms with van der Waals surface area (Å²) in [5.41, 5.74) is 1.62. The Labute approximate surface area is 164 Å². The van der Waals surface area contributed by atoms with Crippen molar-refractivity contribution in [2.45, 2.75) is 19.5 Å². The number of rotatable bonds is 4. The highest BCUT2D eigenvalue weighted by Crippen LogP contribution is 2.38. The average Bonchev–Trinajstić information content (AvgIpc) is 3.20. The molecule has 9 heteroatoms. The third-order valence-corrected chi connectivity index (χ3v) is 5.80. The summed E-state index contributed by atoms with van der Waals surface area (Å²) in [6, 6.07) is 12.4. The Morgan fingerprint density at radius 3 is 2.93 bits per heavy atom. The van der Waals surface area contributed by atoms with Gasteiger partial charge in [-0.3, -0.25) is 9.42 Å². The smallest absolute Gasteiger partial charge is 0.435 e. The van der Waals surface area contributed by atoms with E-state index in [9.17, 15) is 15.2 Å². The molecule has 0 fully saturated rings. The Morgan fingerprint density at radius 2 is 2.25 bits per heavy atom. The lowest BCUT2D eigenvalue weighted by Gasteiger charge is -2.26. The molecule has 0 saturated heterocycles. The van der Waals surface area contributed by atoms with Crippen LogP contribution in [0.1, 0.15) is 27.3 Å². The van der Waals surface area contributed by atoms with Gasteiger partial charge < -0.3 is 5.11 Å². The van der Waals surface area contributed by atoms with E-state index in [4.69, 9.17) is 0 Å². The predicted molar refractivity (Wildman–Crippen MR) is 100.0 cm³/mol. The second-order valence-corrected chi connectivity index (χ2v) is 7.63. The van der Waals surface area contributed by atoms with Crippen molar-refractivity contribution in [3.05, 3.63) is 68.0 Å². The number of benzene rings is 1. The molecule has 4 rings (SSSR count). The number of aliphatic imine (C=N–C) groups is 1.